The molecule has 2 aliphatic carbocycles. The van der Waals surface area contributed by atoms with Gasteiger partial charge in [0.15, 0.2) is 12.1 Å². The van der Waals surface area contributed by atoms with Gasteiger partial charge >= 0.3 is 12.2 Å². The van der Waals surface area contributed by atoms with E-state index < -0.39 is 29.8 Å². The Labute approximate surface area is 196 Å². The van der Waals surface area contributed by atoms with Gasteiger partial charge in [-0.25, -0.2) is 4.79 Å². The van der Waals surface area contributed by atoms with Crippen molar-refractivity contribution in [3.8, 4) is 5.75 Å². The van der Waals surface area contributed by atoms with E-state index in [2.05, 4.69) is 17.4 Å². The number of aryl methyl sites for hydroxylation is 2. The van der Waals surface area contributed by atoms with Crippen molar-refractivity contribution in [3.63, 3.8) is 0 Å². The second kappa shape index (κ2) is 7.75. The number of amides is 3. The summed E-state index contributed by atoms with van der Waals surface area (Å²) in [7, 11) is 0. The average Bonchev–Trinajstić information content (AvgIpc) is 3.11. The van der Waals surface area contributed by atoms with Crippen LogP contribution >= 0.6 is 0 Å². The highest BCUT2D eigenvalue weighted by Crippen LogP contribution is 2.59. The molecule has 1 fully saturated rings. The van der Waals surface area contributed by atoms with Gasteiger partial charge < -0.3 is 10.1 Å². The Hall–Kier alpha value is -3.03. The lowest BCUT2D eigenvalue weighted by atomic mass is 9.65. The fraction of sp³-hybridized carbons (Fsp3) is 0.462. The zero-order chi connectivity index (χ0) is 24.3. The Morgan fingerprint density at radius 2 is 1.68 bits per heavy atom. The van der Waals surface area contributed by atoms with E-state index in [1.165, 1.54) is 28.2 Å². The first-order valence-corrected chi connectivity index (χ1v) is 11.6. The van der Waals surface area contributed by atoms with E-state index in [-0.39, 0.29) is 17.7 Å². The van der Waals surface area contributed by atoms with Crippen LogP contribution < -0.4 is 10.1 Å². The summed E-state index contributed by atoms with van der Waals surface area (Å²) in [6, 6.07) is 12.2. The normalized spacial score (nSPS) is 23.3. The van der Waals surface area contributed by atoms with Gasteiger partial charge in [-0.1, -0.05) is 30.3 Å². The fourth-order valence-electron chi connectivity index (χ4n) is 6.12. The molecule has 34 heavy (non-hydrogen) atoms. The molecule has 5 rings (SSSR count). The molecule has 1 aliphatic heterocycles. The van der Waals surface area contributed by atoms with Gasteiger partial charge in [0.25, 0.3) is 5.91 Å². The third-order valence-electron chi connectivity index (χ3n) is 7.65. The van der Waals surface area contributed by atoms with E-state index >= 15 is 0 Å². The molecule has 1 unspecified atom stereocenters. The maximum absolute atomic E-state index is 14.1. The highest BCUT2D eigenvalue weighted by molar-refractivity contribution is 6.09. The van der Waals surface area contributed by atoms with Crippen LogP contribution in [0, 0.1) is 5.41 Å². The molecule has 180 valence electrons. The largest absolute Gasteiger partial charge is 0.484 e. The van der Waals surface area contributed by atoms with Crippen LogP contribution in [-0.2, 0) is 29.6 Å². The molecule has 1 heterocycles. The number of nitrogens with one attached hydrogen (secondary N) is 1. The molecular weight excluding hydrogens is 445 g/mol. The summed E-state index contributed by atoms with van der Waals surface area (Å²) in [5.41, 5.74) is 1.97. The maximum atomic E-state index is 14.1. The standard InChI is InChI=1S/C26H27F3N2O3/c1-16(2)31-22(32)26(30-23(31)33)21-13-20(34-15-25(27,28)29)8-7-19(21)14-24(26)11-9-17-5-3-4-6-18(17)10-12-24/h3-8,13,16H,9-12,14-15H2,1-2H3,(H,30,33). The lowest BCUT2D eigenvalue weighted by molar-refractivity contribution is -0.153. The zero-order valence-electron chi connectivity index (χ0n) is 19.2. The van der Waals surface area contributed by atoms with Crippen molar-refractivity contribution in [2.75, 3.05) is 6.61 Å². The SMILES string of the molecule is CC(C)N1C(=O)NC2(C1=O)c1cc(OCC(F)(F)F)ccc1CC21CCc2ccccc2CC1. The summed E-state index contributed by atoms with van der Waals surface area (Å²) in [5, 5.41) is 3.04. The molecular formula is C26H27F3N2O3. The Morgan fingerprint density at radius 1 is 1.03 bits per heavy atom. The molecule has 0 bridgehead atoms. The third kappa shape index (κ3) is 3.37. The molecule has 5 nitrogen and oxygen atoms in total. The summed E-state index contributed by atoms with van der Waals surface area (Å²) in [6.07, 6.45) is -1.04. The van der Waals surface area contributed by atoms with Crippen molar-refractivity contribution in [2.24, 2.45) is 5.41 Å². The Bertz CT molecular complexity index is 1130. The van der Waals surface area contributed by atoms with E-state index in [9.17, 15) is 22.8 Å². The van der Waals surface area contributed by atoms with Crippen LogP contribution in [0.15, 0.2) is 42.5 Å². The van der Waals surface area contributed by atoms with Crippen LogP contribution in [0.4, 0.5) is 18.0 Å². The van der Waals surface area contributed by atoms with Crippen LogP contribution in [-0.4, -0.2) is 35.7 Å². The number of imide groups is 1. The number of rotatable bonds is 3. The van der Waals surface area contributed by atoms with Crippen LogP contribution in [0.5, 0.6) is 5.75 Å². The molecule has 8 heteroatoms. The van der Waals surface area contributed by atoms with Crippen molar-refractivity contribution in [3.05, 3.63) is 64.7 Å². The summed E-state index contributed by atoms with van der Waals surface area (Å²) in [5.74, 6) is -0.292. The van der Waals surface area contributed by atoms with Gasteiger partial charge in [0.1, 0.15) is 5.75 Å². The van der Waals surface area contributed by atoms with E-state index in [4.69, 9.17) is 4.74 Å². The predicted octanol–water partition coefficient (Wildman–Crippen LogP) is 4.90. The number of ether oxygens (including phenoxy) is 1. The number of carbonyl (C=O) groups is 2. The molecule has 1 N–H and O–H groups in total. The van der Waals surface area contributed by atoms with Gasteiger partial charge in [0, 0.05) is 11.5 Å². The van der Waals surface area contributed by atoms with E-state index in [0.717, 1.165) is 18.4 Å². The number of halogens is 3. The smallest absolute Gasteiger partial charge is 0.422 e. The summed E-state index contributed by atoms with van der Waals surface area (Å²) < 4.78 is 43.4. The Morgan fingerprint density at radius 3 is 2.24 bits per heavy atom. The lowest BCUT2D eigenvalue weighted by Crippen LogP contribution is -2.55. The van der Waals surface area contributed by atoms with Gasteiger partial charge in [0.2, 0.25) is 0 Å². The highest BCUT2D eigenvalue weighted by atomic mass is 19.4. The van der Waals surface area contributed by atoms with Crippen molar-refractivity contribution in [1.82, 2.24) is 10.2 Å². The minimum absolute atomic E-state index is 0.0365. The topological polar surface area (TPSA) is 58.6 Å². The molecule has 3 amide bonds. The molecule has 1 atom stereocenters. The number of hydrogen-bond acceptors (Lipinski definition) is 3. The average molecular weight is 473 g/mol. The minimum Gasteiger partial charge on any atom is -0.484 e. The fourth-order valence-corrected chi connectivity index (χ4v) is 6.12. The second-order valence-electron chi connectivity index (χ2n) is 9.90. The van der Waals surface area contributed by atoms with Crippen molar-refractivity contribution in [1.29, 1.82) is 0 Å². The van der Waals surface area contributed by atoms with E-state index in [1.807, 2.05) is 12.1 Å². The molecule has 0 aromatic heterocycles. The van der Waals surface area contributed by atoms with E-state index in [0.29, 0.717) is 24.8 Å². The summed E-state index contributed by atoms with van der Waals surface area (Å²) in [4.78, 5) is 28.4. The molecule has 0 radical (unpaired) electrons. The molecule has 0 saturated carbocycles. The monoisotopic (exact) mass is 472 g/mol. The highest BCUT2D eigenvalue weighted by Gasteiger charge is 2.67. The minimum atomic E-state index is -4.48. The third-order valence-corrected chi connectivity index (χ3v) is 7.65. The number of benzene rings is 2. The Balaban J connectivity index is 1.62. The van der Waals surface area contributed by atoms with Gasteiger partial charge in [-0.2, -0.15) is 13.2 Å². The molecule has 2 aromatic carbocycles. The zero-order valence-corrected chi connectivity index (χ0v) is 19.2. The molecule has 2 spiro atoms. The first kappa shape index (κ1) is 22.7. The lowest BCUT2D eigenvalue weighted by Gasteiger charge is -2.42. The quantitative estimate of drug-likeness (QED) is 0.647. The van der Waals surface area contributed by atoms with Gasteiger partial charge in [-0.05, 0) is 80.3 Å². The number of nitrogens with zero attached hydrogens (tertiary/aromatic N) is 1. The van der Waals surface area contributed by atoms with Crippen molar-refractivity contribution >= 4 is 11.9 Å². The second-order valence-corrected chi connectivity index (χ2v) is 9.90. The predicted molar refractivity (Wildman–Crippen MR) is 119 cm³/mol. The van der Waals surface area contributed by atoms with Crippen LogP contribution in [0.1, 0.15) is 48.9 Å². The van der Waals surface area contributed by atoms with Crippen LogP contribution in [0.3, 0.4) is 0 Å². The number of carbonyl (C=O) groups excluding carboxylic acids is 2. The van der Waals surface area contributed by atoms with Gasteiger partial charge in [-0.15, -0.1) is 0 Å². The molecule has 2 aromatic rings. The van der Waals surface area contributed by atoms with E-state index in [1.54, 1.807) is 19.9 Å². The Kier molecular flexibility index (Phi) is 5.18. The number of hydrogen-bond donors (Lipinski definition) is 1. The first-order chi connectivity index (χ1) is 16.1. The van der Waals surface area contributed by atoms with Crippen molar-refractivity contribution in [2.45, 2.75) is 63.7 Å². The van der Waals surface area contributed by atoms with Crippen LogP contribution in [0.25, 0.3) is 0 Å². The van der Waals surface area contributed by atoms with Crippen LogP contribution in [0.2, 0.25) is 0 Å². The van der Waals surface area contributed by atoms with Crippen molar-refractivity contribution < 1.29 is 27.5 Å². The summed E-state index contributed by atoms with van der Waals surface area (Å²) >= 11 is 0. The first-order valence-electron chi connectivity index (χ1n) is 11.6. The number of urea groups is 1. The number of alkyl halides is 3. The maximum Gasteiger partial charge on any atom is 0.422 e. The van der Waals surface area contributed by atoms with Gasteiger partial charge in [0.05, 0.1) is 0 Å². The molecule has 3 aliphatic rings. The van der Waals surface area contributed by atoms with Gasteiger partial charge in [-0.3, -0.25) is 9.69 Å². The number of fused-ring (bicyclic) bond motifs is 4. The summed E-state index contributed by atoms with van der Waals surface area (Å²) in [6.45, 7) is 2.15. The molecule has 1 saturated heterocycles.